The second-order valence-electron chi connectivity index (χ2n) is 4.12. The molecule has 1 aromatic heterocycles. The molecule has 0 amide bonds. The zero-order chi connectivity index (χ0) is 10.1. The minimum atomic E-state index is -0.247. The molecule has 1 aromatic rings. The van der Waals surface area contributed by atoms with Gasteiger partial charge in [-0.2, -0.15) is 0 Å². The minimum absolute atomic E-state index is 0.247. The first-order chi connectivity index (χ1) is 6.66. The first-order valence-electron chi connectivity index (χ1n) is 5.02. The maximum atomic E-state index is 12.9. The largest absolute Gasteiger partial charge is 0.294 e. The summed E-state index contributed by atoms with van der Waals surface area (Å²) in [7, 11) is 0. The molecule has 2 rings (SSSR count). The molecule has 1 aliphatic rings. The summed E-state index contributed by atoms with van der Waals surface area (Å²) in [6.07, 6.45) is 4.22. The molecule has 2 atom stereocenters. The molecule has 0 radical (unpaired) electrons. The van der Waals surface area contributed by atoms with Crippen molar-refractivity contribution < 1.29 is 4.39 Å². The van der Waals surface area contributed by atoms with Crippen molar-refractivity contribution in [1.82, 2.24) is 9.88 Å². The standard InChI is InChI=1S/C11H15FN2/c1-8-3-9(2)14(8)7-10-4-11(12)6-13-5-10/h4-6,8-9H,3,7H2,1-2H3. The Labute approximate surface area is 83.8 Å². The number of rotatable bonds is 2. The van der Waals surface area contributed by atoms with E-state index in [-0.39, 0.29) is 5.82 Å². The molecule has 2 unspecified atom stereocenters. The summed E-state index contributed by atoms with van der Waals surface area (Å²) in [6, 6.07) is 2.80. The molecule has 0 N–H and O–H groups in total. The Morgan fingerprint density at radius 2 is 2.14 bits per heavy atom. The molecule has 76 valence electrons. The minimum Gasteiger partial charge on any atom is -0.294 e. The summed E-state index contributed by atoms with van der Waals surface area (Å²) in [5.74, 6) is -0.247. The average Bonchev–Trinajstić information content (AvgIpc) is 2.15. The summed E-state index contributed by atoms with van der Waals surface area (Å²) in [6.45, 7) is 5.21. The Kier molecular flexibility index (Phi) is 2.50. The van der Waals surface area contributed by atoms with E-state index in [1.54, 1.807) is 12.3 Å². The lowest BCUT2D eigenvalue weighted by molar-refractivity contribution is 0.0294. The van der Waals surface area contributed by atoms with Gasteiger partial charge in [0, 0.05) is 24.8 Å². The highest BCUT2D eigenvalue weighted by Gasteiger charge is 2.31. The monoisotopic (exact) mass is 194 g/mol. The number of nitrogens with zero attached hydrogens (tertiary/aromatic N) is 2. The third-order valence-corrected chi connectivity index (χ3v) is 2.94. The van der Waals surface area contributed by atoms with Gasteiger partial charge in [0.2, 0.25) is 0 Å². The van der Waals surface area contributed by atoms with E-state index < -0.39 is 0 Å². The molecule has 2 heterocycles. The number of aromatic nitrogens is 1. The molecule has 1 aliphatic heterocycles. The van der Waals surface area contributed by atoms with Crippen LogP contribution in [0.15, 0.2) is 18.5 Å². The van der Waals surface area contributed by atoms with Crippen LogP contribution in [-0.2, 0) is 6.54 Å². The van der Waals surface area contributed by atoms with E-state index in [0.717, 1.165) is 12.1 Å². The van der Waals surface area contributed by atoms with Crippen LogP contribution in [0, 0.1) is 5.82 Å². The molecule has 14 heavy (non-hydrogen) atoms. The molecule has 0 aliphatic carbocycles. The van der Waals surface area contributed by atoms with Crippen molar-refractivity contribution in [2.45, 2.75) is 38.9 Å². The van der Waals surface area contributed by atoms with E-state index in [4.69, 9.17) is 0 Å². The van der Waals surface area contributed by atoms with Crippen molar-refractivity contribution in [3.8, 4) is 0 Å². The summed E-state index contributed by atoms with van der Waals surface area (Å²) >= 11 is 0. The predicted octanol–water partition coefficient (Wildman–Crippen LogP) is 2.20. The first-order valence-corrected chi connectivity index (χ1v) is 5.02. The van der Waals surface area contributed by atoms with Gasteiger partial charge in [-0.05, 0) is 31.9 Å². The van der Waals surface area contributed by atoms with Crippen molar-refractivity contribution in [1.29, 1.82) is 0 Å². The van der Waals surface area contributed by atoms with Gasteiger partial charge in [0.1, 0.15) is 5.82 Å². The number of pyridine rings is 1. The Balaban J connectivity index is 2.03. The molecule has 1 fully saturated rings. The van der Waals surface area contributed by atoms with Crippen molar-refractivity contribution in [3.63, 3.8) is 0 Å². The van der Waals surface area contributed by atoms with E-state index in [9.17, 15) is 4.39 Å². The van der Waals surface area contributed by atoms with Gasteiger partial charge in [0.15, 0.2) is 0 Å². The fourth-order valence-electron chi connectivity index (χ4n) is 2.13. The Morgan fingerprint density at radius 3 is 2.71 bits per heavy atom. The quantitative estimate of drug-likeness (QED) is 0.717. The molecule has 1 saturated heterocycles. The molecule has 0 saturated carbocycles. The van der Waals surface area contributed by atoms with E-state index in [0.29, 0.717) is 12.1 Å². The van der Waals surface area contributed by atoms with E-state index in [1.807, 2.05) is 0 Å². The fraction of sp³-hybridized carbons (Fsp3) is 0.545. The Bertz CT molecular complexity index is 319. The van der Waals surface area contributed by atoms with Gasteiger partial charge >= 0.3 is 0 Å². The molecular weight excluding hydrogens is 179 g/mol. The van der Waals surface area contributed by atoms with Crippen molar-refractivity contribution in [2.24, 2.45) is 0 Å². The van der Waals surface area contributed by atoms with Gasteiger partial charge in [0.25, 0.3) is 0 Å². The van der Waals surface area contributed by atoms with Gasteiger partial charge in [-0.3, -0.25) is 9.88 Å². The summed E-state index contributed by atoms with van der Waals surface area (Å²) in [5, 5.41) is 0. The van der Waals surface area contributed by atoms with Crippen LogP contribution in [0.3, 0.4) is 0 Å². The highest BCUT2D eigenvalue weighted by Crippen LogP contribution is 2.26. The lowest BCUT2D eigenvalue weighted by Gasteiger charge is -2.45. The van der Waals surface area contributed by atoms with Crippen LogP contribution in [-0.4, -0.2) is 22.0 Å². The molecular formula is C11H15FN2. The first kappa shape index (κ1) is 9.59. The molecule has 0 spiro atoms. The Morgan fingerprint density at radius 1 is 1.43 bits per heavy atom. The maximum Gasteiger partial charge on any atom is 0.141 e. The maximum absolute atomic E-state index is 12.9. The normalized spacial score (nSPS) is 27.4. The fourth-order valence-corrected chi connectivity index (χ4v) is 2.13. The molecule has 2 nitrogen and oxygen atoms in total. The van der Waals surface area contributed by atoms with Gasteiger partial charge in [-0.15, -0.1) is 0 Å². The van der Waals surface area contributed by atoms with E-state index in [2.05, 4.69) is 23.7 Å². The van der Waals surface area contributed by atoms with Crippen molar-refractivity contribution in [2.75, 3.05) is 0 Å². The third kappa shape index (κ3) is 1.77. The van der Waals surface area contributed by atoms with Crippen LogP contribution in [0.1, 0.15) is 25.8 Å². The van der Waals surface area contributed by atoms with Crippen LogP contribution in [0.25, 0.3) is 0 Å². The van der Waals surface area contributed by atoms with Crippen LogP contribution in [0.5, 0.6) is 0 Å². The van der Waals surface area contributed by atoms with E-state index in [1.165, 1.54) is 12.6 Å². The van der Waals surface area contributed by atoms with Crippen LogP contribution in [0.4, 0.5) is 4.39 Å². The van der Waals surface area contributed by atoms with Crippen LogP contribution >= 0.6 is 0 Å². The molecule has 3 heteroatoms. The van der Waals surface area contributed by atoms with Gasteiger partial charge < -0.3 is 0 Å². The lowest BCUT2D eigenvalue weighted by Crippen LogP contribution is -2.51. The second kappa shape index (κ2) is 3.65. The zero-order valence-electron chi connectivity index (χ0n) is 8.57. The molecule has 0 aromatic carbocycles. The van der Waals surface area contributed by atoms with Crippen LogP contribution < -0.4 is 0 Å². The SMILES string of the molecule is CC1CC(C)N1Cc1cncc(F)c1. The summed E-state index contributed by atoms with van der Waals surface area (Å²) in [5.41, 5.74) is 0.961. The Hall–Kier alpha value is -0.960. The van der Waals surface area contributed by atoms with Gasteiger partial charge in [-0.25, -0.2) is 4.39 Å². The molecule has 0 bridgehead atoms. The number of likely N-dealkylation sites (tertiary alicyclic amines) is 1. The lowest BCUT2D eigenvalue weighted by atomic mass is 9.95. The number of hydrogen-bond acceptors (Lipinski definition) is 2. The summed E-state index contributed by atoms with van der Waals surface area (Å²) in [4.78, 5) is 6.20. The summed E-state index contributed by atoms with van der Waals surface area (Å²) < 4.78 is 12.9. The van der Waals surface area contributed by atoms with Gasteiger partial charge in [0.05, 0.1) is 6.20 Å². The highest BCUT2D eigenvalue weighted by atomic mass is 19.1. The number of halogens is 1. The van der Waals surface area contributed by atoms with Crippen molar-refractivity contribution in [3.05, 3.63) is 29.8 Å². The van der Waals surface area contributed by atoms with Gasteiger partial charge in [-0.1, -0.05) is 0 Å². The number of hydrogen-bond donors (Lipinski definition) is 0. The van der Waals surface area contributed by atoms with Crippen molar-refractivity contribution >= 4 is 0 Å². The predicted molar refractivity (Wildman–Crippen MR) is 53.3 cm³/mol. The highest BCUT2D eigenvalue weighted by molar-refractivity contribution is 5.11. The topological polar surface area (TPSA) is 16.1 Å². The van der Waals surface area contributed by atoms with E-state index >= 15 is 0 Å². The third-order valence-electron chi connectivity index (χ3n) is 2.94. The van der Waals surface area contributed by atoms with Crippen LogP contribution in [0.2, 0.25) is 0 Å². The average molecular weight is 194 g/mol. The smallest absolute Gasteiger partial charge is 0.141 e. The second-order valence-corrected chi connectivity index (χ2v) is 4.12. The zero-order valence-corrected chi connectivity index (χ0v) is 8.57.